The second kappa shape index (κ2) is 11.0. The molecule has 1 N–H and O–H groups in total. The van der Waals surface area contributed by atoms with E-state index in [2.05, 4.69) is 17.4 Å². The van der Waals surface area contributed by atoms with Crippen molar-refractivity contribution in [3.05, 3.63) is 95.6 Å². The third-order valence-electron chi connectivity index (χ3n) is 7.56. The van der Waals surface area contributed by atoms with Crippen LogP contribution < -0.4 is 10.2 Å². The molecule has 1 heterocycles. The highest BCUT2D eigenvalue weighted by Crippen LogP contribution is 2.45. The molecule has 3 aromatic rings. The van der Waals surface area contributed by atoms with E-state index in [0.29, 0.717) is 24.2 Å². The molecule has 0 unspecified atom stereocenters. The molecule has 3 amide bonds. The Morgan fingerprint density at radius 3 is 2.29 bits per heavy atom. The van der Waals surface area contributed by atoms with Crippen molar-refractivity contribution in [2.75, 3.05) is 16.8 Å². The first kappa shape index (κ1) is 25.4. The van der Waals surface area contributed by atoms with Crippen molar-refractivity contribution in [1.82, 2.24) is 0 Å². The number of anilines is 2. The molecule has 194 valence electrons. The topological polar surface area (TPSA) is 92.8 Å². The van der Waals surface area contributed by atoms with Crippen LogP contribution in [0.1, 0.15) is 53.6 Å². The van der Waals surface area contributed by atoms with Crippen molar-refractivity contribution >= 4 is 35.1 Å². The van der Waals surface area contributed by atoms with E-state index in [1.807, 2.05) is 43.3 Å². The van der Waals surface area contributed by atoms with Crippen molar-refractivity contribution in [1.29, 1.82) is 0 Å². The molecule has 1 aliphatic heterocycles. The minimum Gasteiger partial charge on any atom is -0.452 e. The Bertz CT molecular complexity index is 1350. The number of para-hydroxylation sites is 1. The van der Waals surface area contributed by atoms with Gasteiger partial charge in [0.2, 0.25) is 11.8 Å². The van der Waals surface area contributed by atoms with E-state index >= 15 is 0 Å². The molecule has 7 nitrogen and oxygen atoms in total. The van der Waals surface area contributed by atoms with Crippen LogP contribution in [0.3, 0.4) is 0 Å². The number of carbonyl (C=O) groups is 4. The first-order valence-electron chi connectivity index (χ1n) is 13.0. The summed E-state index contributed by atoms with van der Waals surface area (Å²) in [6, 6.07) is 23.8. The summed E-state index contributed by atoms with van der Waals surface area (Å²) in [5, 5.41) is 2.76. The SMILES string of the molecule is CCc1ccccc1NC(=O)COC(=O)c1ccc(N2C(=O)[C@H]3C[C@H](c4ccccc4)CC[C@H]3C2=O)cc1. The van der Waals surface area contributed by atoms with Crippen LogP contribution in [0.4, 0.5) is 11.4 Å². The molecule has 0 aromatic heterocycles. The van der Waals surface area contributed by atoms with Gasteiger partial charge in [0.25, 0.3) is 5.91 Å². The standard InChI is InChI=1S/C31H30N2O5/c1-2-20-8-6-7-11-27(20)32-28(34)19-38-31(37)22-12-15-24(16-13-22)33-29(35)25-17-14-23(18-26(25)30(33)36)21-9-4-3-5-10-21/h3-13,15-16,23,25-26H,2,14,17-19H2,1H3,(H,32,34)/t23-,25-,26+/m1/s1. The van der Waals surface area contributed by atoms with E-state index in [1.54, 1.807) is 18.2 Å². The zero-order chi connectivity index (χ0) is 26.6. The zero-order valence-electron chi connectivity index (χ0n) is 21.3. The van der Waals surface area contributed by atoms with E-state index < -0.39 is 18.5 Å². The van der Waals surface area contributed by atoms with Gasteiger partial charge in [-0.05, 0) is 73.1 Å². The van der Waals surface area contributed by atoms with Crippen LogP contribution in [0, 0.1) is 11.8 Å². The average molecular weight is 511 g/mol. The molecule has 1 saturated heterocycles. The van der Waals surface area contributed by atoms with Crippen LogP contribution >= 0.6 is 0 Å². The number of benzene rings is 3. The smallest absolute Gasteiger partial charge is 0.338 e. The minimum absolute atomic E-state index is 0.175. The summed E-state index contributed by atoms with van der Waals surface area (Å²) in [6.07, 6.45) is 2.98. The number of nitrogens with one attached hydrogen (secondary N) is 1. The van der Waals surface area contributed by atoms with Crippen LogP contribution in [0.25, 0.3) is 0 Å². The van der Waals surface area contributed by atoms with Gasteiger partial charge < -0.3 is 10.1 Å². The summed E-state index contributed by atoms with van der Waals surface area (Å²) in [5.74, 6) is -1.81. The van der Waals surface area contributed by atoms with Gasteiger partial charge in [-0.15, -0.1) is 0 Å². The molecule has 0 bridgehead atoms. The Kier molecular flexibility index (Phi) is 7.36. The van der Waals surface area contributed by atoms with E-state index in [9.17, 15) is 19.2 Å². The summed E-state index contributed by atoms with van der Waals surface area (Å²) < 4.78 is 5.18. The van der Waals surface area contributed by atoms with Crippen molar-refractivity contribution in [2.24, 2.45) is 11.8 Å². The predicted molar refractivity (Wildman–Crippen MR) is 144 cm³/mol. The number of nitrogens with zero attached hydrogens (tertiary/aromatic N) is 1. The molecule has 3 aromatic carbocycles. The second-order valence-electron chi connectivity index (χ2n) is 9.83. The lowest BCUT2D eigenvalue weighted by molar-refractivity contribution is -0.122. The second-order valence-corrected chi connectivity index (χ2v) is 9.83. The first-order chi connectivity index (χ1) is 18.5. The molecule has 1 saturated carbocycles. The summed E-state index contributed by atoms with van der Waals surface area (Å²) in [4.78, 5) is 52.5. The molecule has 2 fully saturated rings. The summed E-state index contributed by atoms with van der Waals surface area (Å²) >= 11 is 0. The molecule has 5 rings (SSSR count). The normalized spacial score (nSPS) is 20.7. The molecule has 0 spiro atoms. The Labute approximate surface area is 221 Å². The fourth-order valence-corrected chi connectivity index (χ4v) is 5.56. The van der Waals surface area contributed by atoms with Gasteiger partial charge in [-0.3, -0.25) is 19.3 Å². The Balaban J connectivity index is 1.20. The van der Waals surface area contributed by atoms with Crippen molar-refractivity contribution in [2.45, 2.75) is 38.5 Å². The van der Waals surface area contributed by atoms with Gasteiger partial charge in [0.05, 0.1) is 23.1 Å². The van der Waals surface area contributed by atoms with E-state index in [0.717, 1.165) is 18.4 Å². The monoisotopic (exact) mass is 510 g/mol. The maximum Gasteiger partial charge on any atom is 0.338 e. The van der Waals surface area contributed by atoms with E-state index in [1.165, 1.54) is 22.6 Å². The van der Waals surface area contributed by atoms with Gasteiger partial charge in [-0.25, -0.2) is 4.79 Å². The van der Waals surface area contributed by atoms with Crippen molar-refractivity contribution < 1.29 is 23.9 Å². The summed E-state index contributed by atoms with van der Waals surface area (Å²) in [5.41, 5.74) is 3.56. The highest BCUT2D eigenvalue weighted by Gasteiger charge is 2.50. The molecule has 7 heteroatoms. The largest absolute Gasteiger partial charge is 0.452 e. The van der Waals surface area contributed by atoms with Gasteiger partial charge in [0, 0.05) is 5.69 Å². The third kappa shape index (κ3) is 5.09. The van der Waals surface area contributed by atoms with Gasteiger partial charge in [0.1, 0.15) is 0 Å². The number of rotatable bonds is 7. The molecule has 38 heavy (non-hydrogen) atoms. The van der Waals surface area contributed by atoms with Gasteiger partial charge >= 0.3 is 5.97 Å². The summed E-state index contributed by atoms with van der Waals surface area (Å²) in [7, 11) is 0. The first-order valence-corrected chi connectivity index (χ1v) is 13.0. The molecule has 3 atom stereocenters. The number of ether oxygens (including phenoxy) is 1. The Morgan fingerprint density at radius 1 is 0.868 bits per heavy atom. The fourth-order valence-electron chi connectivity index (χ4n) is 5.56. The molecular weight excluding hydrogens is 480 g/mol. The number of fused-ring (bicyclic) bond motifs is 1. The van der Waals surface area contributed by atoms with Gasteiger partial charge in [0.15, 0.2) is 6.61 Å². The number of imide groups is 1. The van der Waals surface area contributed by atoms with Crippen LogP contribution in [0.5, 0.6) is 0 Å². The van der Waals surface area contributed by atoms with Gasteiger partial charge in [-0.1, -0.05) is 55.5 Å². The lowest BCUT2D eigenvalue weighted by atomic mass is 9.73. The average Bonchev–Trinajstić information content (AvgIpc) is 3.21. The highest BCUT2D eigenvalue weighted by atomic mass is 16.5. The third-order valence-corrected chi connectivity index (χ3v) is 7.56. The maximum atomic E-state index is 13.3. The predicted octanol–water partition coefficient (Wildman–Crippen LogP) is 5.12. The quantitative estimate of drug-likeness (QED) is 0.352. The van der Waals surface area contributed by atoms with E-state index in [-0.39, 0.29) is 35.1 Å². The number of hydrogen-bond acceptors (Lipinski definition) is 5. The molecule has 2 aliphatic rings. The fraction of sp³-hybridized carbons (Fsp3) is 0.290. The zero-order valence-corrected chi connectivity index (χ0v) is 21.3. The highest BCUT2D eigenvalue weighted by molar-refractivity contribution is 6.22. The van der Waals surface area contributed by atoms with Crippen molar-refractivity contribution in [3.8, 4) is 0 Å². The van der Waals surface area contributed by atoms with Crippen LogP contribution in [-0.4, -0.2) is 30.3 Å². The van der Waals surface area contributed by atoms with Gasteiger partial charge in [-0.2, -0.15) is 0 Å². The Morgan fingerprint density at radius 2 is 1.55 bits per heavy atom. The number of carbonyl (C=O) groups excluding carboxylic acids is 4. The number of amides is 3. The lowest BCUT2D eigenvalue weighted by Crippen LogP contribution is -2.30. The number of esters is 1. The maximum absolute atomic E-state index is 13.3. The molecule has 1 aliphatic carbocycles. The molecular formula is C31H30N2O5. The van der Waals surface area contributed by atoms with E-state index in [4.69, 9.17) is 4.74 Å². The Hall–Kier alpha value is -4.26. The molecule has 0 radical (unpaired) electrons. The summed E-state index contributed by atoms with van der Waals surface area (Å²) in [6.45, 7) is 1.57. The van der Waals surface area contributed by atoms with Crippen LogP contribution in [0.2, 0.25) is 0 Å². The lowest BCUT2D eigenvalue weighted by Gasteiger charge is -2.28. The van der Waals surface area contributed by atoms with Crippen LogP contribution in [-0.2, 0) is 25.5 Å². The number of aryl methyl sites for hydroxylation is 1. The number of hydrogen-bond donors (Lipinski definition) is 1. The minimum atomic E-state index is -0.658. The van der Waals surface area contributed by atoms with Crippen LogP contribution in [0.15, 0.2) is 78.9 Å². The van der Waals surface area contributed by atoms with Crippen molar-refractivity contribution in [3.63, 3.8) is 0 Å².